The molecule has 1 aromatic carbocycles. The van der Waals surface area contributed by atoms with Crippen molar-refractivity contribution in [3.8, 4) is 0 Å². The number of aryl methyl sites for hydroxylation is 2. The van der Waals surface area contributed by atoms with E-state index in [9.17, 15) is 4.79 Å². The minimum Gasteiger partial charge on any atom is -0.318 e. The molecule has 5 heteroatoms. The van der Waals surface area contributed by atoms with Crippen molar-refractivity contribution in [2.24, 2.45) is 0 Å². The summed E-state index contributed by atoms with van der Waals surface area (Å²) in [6, 6.07) is 16.4. The smallest absolute Gasteiger partial charge is 0.259 e. The molecule has 0 bridgehead atoms. The van der Waals surface area contributed by atoms with Gasteiger partial charge in [0.25, 0.3) is 5.91 Å². The number of pyridine rings is 2. The zero-order valence-electron chi connectivity index (χ0n) is 14.9. The zero-order valence-corrected chi connectivity index (χ0v) is 14.9. The maximum Gasteiger partial charge on any atom is 0.259 e. The molecule has 0 unspecified atom stereocenters. The molecule has 27 heavy (non-hydrogen) atoms. The van der Waals surface area contributed by atoms with Crippen LogP contribution in [0.25, 0.3) is 0 Å². The predicted octanol–water partition coefficient (Wildman–Crippen LogP) is 4.13. The van der Waals surface area contributed by atoms with Crippen LogP contribution in [-0.2, 0) is 12.8 Å². The first-order chi connectivity index (χ1) is 13.3. The number of carbonyl (C=O) groups is 1. The van der Waals surface area contributed by atoms with E-state index in [1.165, 1.54) is 5.56 Å². The molecule has 2 aromatic heterocycles. The molecule has 1 fully saturated rings. The maximum atomic E-state index is 12.9. The van der Waals surface area contributed by atoms with Crippen molar-refractivity contribution in [1.29, 1.82) is 0 Å². The Balaban J connectivity index is 1.56. The minimum absolute atomic E-state index is 0.114. The summed E-state index contributed by atoms with van der Waals surface area (Å²) in [4.78, 5) is 24.2. The standard InChI is InChI=1S/C22H20N4O/c27-22-18-7-4-13-23-20(18)26(17-10-11-17)21-19(25-22)16(12-14-24-21)9-8-15-5-2-1-3-6-15/h1-7,12-14,17H,8-11H2,(H,25,27). The highest BCUT2D eigenvalue weighted by Crippen LogP contribution is 2.43. The zero-order chi connectivity index (χ0) is 18.2. The number of nitrogens with zero attached hydrogens (tertiary/aromatic N) is 3. The molecule has 1 saturated carbocycles. The molecule has 0 saturated heterocycles. The van der Waals surface area contributed by atoms with Gasteiger partial charge in [-0.1, -0.05) is 30.3 Å². The van der Waals surface area contributed by atoms with Crippen LogP contribution in [0.3, 0.4) is 0 Å². The van der Waals surface area contributed by atoms with Gasteiger partial charge < -0.3 is 10.2 Å². The Hall–Kier alpha value is -3.21. The molecule has 3 aromatic rings. The third-order valence-corrected chi connectivity index (χ3v) is 5.18. The van der Waals surface area contributed by atoms with Crippen LogP contribution in [0.1, 0.15) is 34.3 Å². The largest absolute Gasteiger partial charge is 0.318 e. The number of benzene rings is 1. The molecule has 134 valence electrons. The summed E-state index contributed by atoms with van der Waals surface area (Å²) in [6.07, 6.45) is 7.54. The van der Waals surface area contributed by atoms with Gasteiger partial charge >= 0.3 is 0 Å². The van der Waals surface area contributed by atoms with Crippen LogP contribution in [0.4, 0.5) is 17.3 Å². The van der Waals surface area contributed by atoms with E-state index in [4.69, 9.17) is 0 Å². The van der Waals surface area contributed by atoms with Gasteiger partial charge in [0.2, 0.25) is 0 Å². The molecule has 1 N–H and O–H groups in total. The van der Waals surface area contributed by atoms with Crippen molar-refractivity contribution in [2.75, 3.05) is 10.2 Å². The highest BCUT2D eigenvalue weighted by atomic mass is 16.1. The Kier molecular flexibility index (Phi) is 3.85. The lowest BCUT2D eigenvalue weighted by atomic mass is 10.0. The van der Waals surface area contributed by atoms with Crippen LogP contribution in [0.5, 0.6) is 0 Å². The summed E-state index contributed by atoms with van der Waals surface area (Å²) in [6.45, 7) is 0. The quantitative estimate of drug-likeness (QED) is 0.764. The maximum absolute atomic E-state index is 12.9. The minimum atomic E-state index is -0.114. The van der Waals surface area contributed by atoms with Gasteiger partial charge in [-0.25, -0.2) is 9.97 Å². The van der Waals surface area contributed by atoms with E-state index >= 15 is 0 Å². The molecule has 1 aliphatic carbocycles. The van der Waals surface area contributed by atoms with Gasteiger partial charge in [0.1, 0.15) is 5.82 Å². The van der Waals surface area contributed by atoms with Gasteiger partial charge in [0, 0.05) is 18.4 Å². The lowest BCUT2D eigenvalue weighted by molar-refractivity contribution is 0.102. The van der Waals surface area contributed by atoms with Gasteiger partial charge in [-0.05, 0) is 55.0 Å². The van der Waals surface area contributed by atoms with Crippen LogP contribution < -0.4 is 10.2 Å². The number of hydrogen-bond acceptors (Lipinski definition) is 4. The Morgan fingerprint density at radius 1 is 0.926 bits per heavy atom. The van der Waals surface area contributed by atoms with Crippen molar-refractivity contribution < 1.29 is 4.79 Å². The lowest BCUT2D eigenvalue weighted by Gasteiger charge is -2.24. The second-order valence-corrected chi connectivity index (χ2v) is 7.08. The monoisotopic (exact) mass is 356 g/mol. The number of nitrogens with one attached hydrogen (secondary N) is 1. The van der Waals surface area contributed by atoms with Crippen LogP contribution in [0.2, 0.25) is 0 Å². The molecular weight excluding hydrogens is 336 g/mol. The third-order valence-electron chi connectivity index (χ3n) is 5.18. The highest BCUT2D eigenvalue weighted by Gasteiger charge is 2.38. The van der Waals surface area contributed by atoms with E-state index in [0.717, 1.165) is 42.8 Å². The first-order valence-electron chi connectivity index (χ1n) is 9.38. The van der Waals surface area contributed by atoms with E-state index in [1.54, 1.807) is 6.20 Å². The molecule has 3 heterocycles. The number of anilines is 3. The van der Waals surface area contributed by atoms with Crippen molar-refractivity contribution in [3.63, 3.8) is 0 Å². The summed E-state index contributed by atoms with van der Waals surface area (Å²) >= 11 is 0. The first-order valence-corrected chi connectivity index (χ1v) is 9.38. The molecule has 2 aliphatic rings. The Bertz CT molecular complexity index is 998. The van der Waals surface area contributed by atoms with Gasteiger partial charge in [0.15, 0.2) is 5.82 Å². The first kappa shape index (κ1) is 16.0. The third kappa shape index (κ3) is 2.95. The molecule has 1 aliphatic heterocycles. The summed E-state index contributed by atoms with van der Waals surface area (Å²) in [5.41, 5.74) is 3.82. The van der Waals surface area contributed by atoms with Crippen molar-refractivity contribution >= 4 is 23.2 Å². The Labute approximate surface area is 158 Å². The molecule has 0 spiro atoms. The van der Waals surface area contributed by atoms with Crippen LogP contribution in [0, 0.1) is 0 Å². The highest BCUT2D eigenvalue weighted by molar-refractivity contribution is 6.12. The number of carbonyl (C=O) groups excluding carboxylic acids is 1. The summed E-state index contributed by atoms with van der Waals surface area (Å²) in [5, 5.41) is 3.11. The molecule has 5 nitrogen and oxygen atoms in total. The van der Waals surface area contributed by atoms with Crippen LogP contribution in [0.15, 0.2) is 60.9 Å². The number of rotatable bonds is 4. The number of amides is 1. The van der Waals surface area contributed by atoms with E-state index in [-0.39, 0.29) is 5.91 Å². The normalized spacial score (nSPS) is 15.6. The average molecular weight is 356 g/mol. The fourth-order valence-corrected chi connectivity index (χ4v) is 3.67. The SMILES string of the molecule is O=C1Nc2c(CCc3ccccc3)ccnc2N(C2CC2)c2ncccc21. The topological polar surface area (TPSA) is 58.1 Å². The number of aromatic nitrogens is 2. The summed E-state index contributed by atoms with van der Waals surface area (Å²) in [7, 11) is 0. The van der Waals surface area contributed by atoms with Gasteiger partial charge in [-0.2, -0.15) is 0 Å². The number of hydrogen-bond donors (Lipinski definition) is 1. The fourth-order valence-electron chi connectivity index (χ4n) is 3.67. The van der Waals surface area contributed by atoms with Crippen LogP contribution >= 0.6 is 0 Å². The Morgan fingerprint density at radius 2 is 1.74 bits per heavy atom. The van der Waals surface area contributed by atoms with E-state index in [1.807, 2.05) is 30.5 Å². The van der Waals surface area contributed by atoms with Gasteiger partial charge in [0.05, 0.1) is 11.3 Å². The predicted molar refractivity (Wildman–Crippen MR) is 105 cm³/mol. The molecule has 5 rings (SSSR count). The summed E-state index contributed by atoms with van der Waals surface area (Å²) in [5.74, 6) is 1.41. The lowest BCUT2D eigenvalue weighted by Crippen LogP contribution is -2.22. The molecule has 0 radical (unpaired) electrons. The van der Waals surface area contributed by atoms with Crippen molar-refractivity contribution in [2.45, 2.75) is 31.7 Å². The number of fused-ring (bicyclic) bond motifs is 2. The second-order valence-electron chi connectivity index (χ2n) is 7.08. The van der Waals surface area contributed by atoms with Crippen molar-refractivity contribution in [3.05, 3.63) is 77.6 Å². The van der Waals surface area contributed by atoms with E-state index in [0.29, 0.717) is 17.4 Å². The fraction of sp³-hybridized carbons (Fsp3) is 0.227. The molecule has 1 amide bonds. The van der Waals surface area contributed by atoms with Crippen LogP contribution in [-0.4, -0.2) is 21.9 Å². The summed E-state index contributed by atoms with van der Waals surface area (Å²) < 4.78 is 0. The average Bonchev–Trinajstić information content (AvgIpc) is 3.54. The molecular formula is C22H20N4O. The van der Waals surface area contributed by atoms with E-state index < -0.39 is 0 Å². The van der Waals surface area contributed by atoms with Gasteiger partial charge in [-0.3, -0.25) is 4.79 Å². The van der Waals surface area contributed by atoms with Crippen molar-refractivity contribution in [1.82, 2.24) is 9.97 Å². The second kappa shape index (κ2) is 6.50. The van der Waals surface area contributed by atoms with E-state index in [2.05, 4.69) is 44.5 Å². The molecule has 0 atom stereocenters. The Morgan fingerprint density at radius 3 is 2.56 bits per heavy atom. The van der Waals surface area contributed by atoms with Gasteiger partial charge in [-0.15, -0.1) is 0 Å².